The lowest BCUT2D eigenvalue weighted by Gasteiger charge is -2.24. The van der Waals surface area contributed by atoms with E-state index in [2.05, 4.69) is 0 Å². The highest BCUT2D eigenvalue weighted by Gasteiger charge is 2.35. The lowest BCUT2D eigenvalue weighted by molar-refractivity contribution is -0.384. The number of amides is 1. The lowest BCUT2D eigenvalue weighted by Crippen LogP contribution is -2.28. The Kier molecular flexibility index (Phi) is 3.81. The zero-order chi connectivity index (χ0) is 15.7. The highest BCUT2D eigenvalue weighted by Crippen LogP contribution is 2.43. The second kappa shape index (κ2) is 5.76. The summed E-state index contributed by atoms with van der Waals surface area (Å²) in [5, 5.41) is 10.4. The molecule has 112 valence electrons. The first-order chi connectivity index (χ1) is 10.6. The maximum atomic E-state index is 14.0. The molecule has 1 heterocycles. The number of thioether (sulfide) groups is 1. The summed E-state index contributed by atoms with van der Waals surface area (Å²) in [6.07, 6.45) is 0. The highest BCUT2D eigenvalue weighted by atomic mass is 32.2. The molecular formula is C15H11FN2O3S. The normalized spacial score (nSPS) is 17.8. The SMILES string of the molecule is O=C1CS[C@H](c2cccc([N+](=O)[O-])c2)N1c1ccccc1F. The number of nitro benzene ring substituents is 1. The Bertz CT molecular complexity index is 753. The van der Waals surface area contributed by atoms with Gasteiger partial charge in [0.1, 0.15) is 11.2 Å². The van der Waals surface area contributed by atoms with Crippen molar-refractivity contribution < 1.29 is 14.1 Å². The van der Waals surface area contributed by atoms with Crippen molar-refractivity contribution in [2.75, 3.05) is 10.7 Å². The minimum Gasteiger partial charge on any atom is -0.292 e. The van der Waals surface area contributed by atoms with Crippen molar-refractivity contribution in [1.29, 1.82) is 0 Å². The summed E-state index contributed by atoms with van der Waals surface area (Å²) in [6, 6.07) is 12.1. The number of hydrogen-bond acceptors (Lipinski definition) is 4. The second-order valence-corrected chi connectivity index (χ2v) is 5.80. The third kappa shape index (κ3) is 2.55. The molecule has 0 radical (unpaired) electrons. The van der Waals surface area contributed by atoms with E-state index in [1.165, 1.54) is 40.9 Å². The molecule has 1 amide bonds. The van der Waals surface area contributed by atoms with Crippen LogP contribution in [0.25, 0.3) is 0 Å². The number of carbonyl (C=O) groups is 1. The van der Waals surface area contributed by atoms with Crippen LogP contribution in [-0.4, -0.2) is 16.6 Å². The Morgan fingerprint density at radius 3 is 2.73 bits per heavy atom. The smallest absolute Gasteiger partial charge is 0.269 e. The third-order valence-corrected chi connectivity index (χ3v) is 4.56. The minimum atomic E-state index is -0.492. The molecule has 3 rings (SSSR count). The monoisotopic (exact) mass is 318 g/mol. The minimum absolute atomic E-state index is 0.0501. The second-order valence-electron chi connectivity index (χ2n) is 4.73. The Labute approximate surface area is 129 Å². The van der Waals surface area contributed by atoms with E-state index in [4.69, 9.17) is 0 Å². The van der Waals surface area contributed by atoms with Gasteiger partial charge in [0.2, 0.25) is 5.91 Å². The van der Waals surface area contributed by atoms with E-state index < -0.39 is 16.1 Å². The van der Waals surface area contributed by atoms with Crippen molar-refractivity contribution >= 4 is 29.0 Å². The predicted octanol–water partition coefficient (Wildman–Crippen LogP) is 3.51. The number of non-ortho nitro benzene ring substituents is 1. The Morgan fingerprint density at radius 1 is 1.23 bits per heavy atom. The van der Waals surface area contributed by atoms with Crippen LogP contribution in [-0.2, 0) is 4.79 Å². The van der Waals surface area contributed by atoms with Crippen molar-refractivity contribution in [2.45, 2.75) is 5.37 Å². The van der Waals surface area contributed by atoms with Crippen LogP contribution >= 0.6 is 11.8 Å². The van der Waals surface area contributed by atoms with Gasteiger partial charge in [0, 0.05) is 12.1 Å². The summed E-state index contributed by atoms with van der Waals surface area (Å²) in [6.45, 7) is 0. The molecule has 1 atom stereocenters. The maximum absolute atomic E-state index is 14.0. The average Bonchev–Trinajstić information content (AvgIpc) is 2.89. The fraction of sp³-hybridized carbons (Fsp3) is 0.133. The number of benzene rings is 2. The van der Waals surface area contributed by atoms with E-state index in [-0.39, 0.29) is 23.0 Å². The maximum Gasteiger partial charge on any atom is 0.269 e. The third-order valence-electron chi connectivity index (χ3n) is 3.35. The van der Waals surface area contributed by atoms with E-state index in [9.17, 15) is 19.3 Å². The Hall–Kier alpha value is -2.41. The summed E-state index contributed by atoms with van der Waals surface area (Å²) in [5.74, 6) is -0.498. The average molecular weight is 318 g/mol. The first-order valence-electron chi connectivity index (χ1n) is 6.50. The van der Waals surface area contributed by atoms with E-state index >= 15 is 0 Å². The molecule has 1 aliphatic heterocycles. The van der Waals surface area contributed by atoms with Crippen molar-refractivity contribution in [2.24, 2.45) is 0 Å². The number of carbonyl (C=O) groups excluding carboxylic acids is 1. The molecule has 1 fully saturated rings. The molecule has 1 aliphatic rings. The quantitative estimate of drug-likeness (QED) is 0.642. The molecule has 0 saturated carbocycles. The fourth-order valence-corrected chi connectivity index (χ4v) is 3.53. The van der Waals surface area contributed by atoms with Crippen molar-refractivity contribution in [3.05, 3.63) is 70.0 Å². The molecule has 22 heavy (non-hydrogen) atoms. The van der Waals surface area contributed by atoms with Crippen molar-refractivity contribution in [3.63, 3.8) is 0 Å². The molecule has 2 aromatic rings. The number of para-hydroxylation sites is 1. The van der Waals surface area contributed by atoms with Crippen molar-refractivity contribution in [1.82, 2.24) is 0 Å². The van der Waals surface area contributed by atoms with Gasteiger partial charge in [-0.05, 0) is 17.7 Å². The zero-order valence-electron chi connectivity index (χ0n) is 11.3. The van der Waals surface area contributed by atoms with E-state index in [0.29, 0.717) is 5.56 Å². The fourth-order valence-electron chi connectivity index (χ4n) is 2.37. The van der Waals surface area contributed by atoms with Crippen LogP contribution in [0.3, 0.4) is 0 Å². The van der Waals surface area contributed by atoms with Crippen LogP contribution in [0, 0.1) is 15.9 Å². The van der Waals surface area contributed by atoms with Gasteiger partial charge in [-0.3, -0.25) is 19.8 Å². The van der Waals surface area contributed by atoms with Gasteiger partial charge in [-0.1, -0.05) is 24.3 Å². The Morgan fingerprint density at radius 2 is 2.00 bits per heavy atom. The molecule has 0 unspecified atom stereocenters. The van der Waals surface area contributed by atoms with Gasteiger partial charge in [-0.2, -0.15) is 0 Å². The number of hydrogen-bond donors (Lipinski definition) is 0. The number of halogens is 1. The van der Waals surface area contributed by atoms with E-state index in [1.54, 1.807) is 24.3 Å². The van der Waals surface area contributed by atoms with Crippen LogP contribution < -0.4 is 4.90 Å². The van der Waals surface area contributed by atoms with Crippen LogP contribution in [0.2, 0.25) is 0 Å². The first-order valence-corrected chi connectivity index (χ1v) is 7.55. The molecule has 7 heteroatoms. The van der Waals surface area contributed by atoms with Gasteiger partial charge < -0.3 is 0 Å². The number of nitro groups is 1. The predicted molar refractivity (Wildman–Crippen MR) is 82.2 cm³/mol. The topological polar surface area (TPSA) is 63.4 Å². The standard InChI is InChI=1S/C15H11FN2O3S/c16-12-6-1-2-7-13(12)17-14(19)9-22-15(17)10-4-3-5-11(8-10)18(20)21/h1-8,15H,9H2/t15-/m1/s1. The molecule has 0 aliphatic carbocycles. The molecule has 2 aromatic carbocycles. The zero-order valence-corrected chi connectivity index (χ0v) is 12.1. The first kappa shape index (κ1) is 14.5. The van der Waals surface area contributed by atoms with Gasteiger partial charge in [-0.25, -0.2) is 4.39 Å². The number of anilines is 1. The molecule has 0 N–H and O–H groups in total. The molecule has 0 aromatic heterocycles. The van der Waals surface area contributed by atoms with Crippen molar-refractivity contribution in [3.8, 4) is 0 Å². The molecule has 0 bridgehead atoms. The van der Waals surface area contributed by atoms with Crippen LogP contribution in [0.15, 0.2) is 48.5 Å². The number of nitrogens with zero attached hydrogens (tertiary/aromatic N) is 2. The van der Waals surface area contributed by atoms with E-state index in [1.807, 2.05) is 0 Å². The summed E-state index contributed by atoms with van der Waals surface area (Å²) in [5.41, 5.74) is 0.744. The van der Waals surface area contributed by atoms with Crippen LogP contribution in [0.5, 0.6) is 0 Å². The van der Waals surface area contributed by atoms with Gasteiger partial charge in [0.25, 0.3) is 5.69 Å². The Balaban J connectivity index is 2.03. The molecule has 0 spiro atoms. The van der Waals surface area contributed by atoms with Gasteiger partial charge in [0.05, 0.1) is 16.4 Å². The van der Waals surface area contributed by atoms with E-state index in [0.717, 1.165) is 0 Å². The summed E-state index contributed by atoms with van der Waals surface area (Å²) >= 11 is 1.32. The summed E-state index contributed by atoms with van der Waals surface area (Å²) in [4.78, 5) is 23.9. The number of rotatable bonds is 3. The largest absolute Gasteiger partial charge is 0.292 e. The molecule has 1 saturated heterocycles. The van der Waals surface area contributed by atoms with Gasteiger partial charge in [0.15, 0.2) is 0 Å². The van der Waals surface area contributed by atoms with Crippen LogP contribution in [0.4, 0.5) is 15.8 Å². The highest BCUT2D eigenvalue weighted by molar-refractivity contribution is 8.00. The van der Waals surface area contributed by atoms with Gasteiger partial charge in [-0.15, -0.1) is 11.8 Å². The molecule has 5 nitrogen and oxygen atoms in total. The molecular weight excluding hydrogens is 307 g/mol. The van der Waals surface area contributed by atoms with Gasteiger partial charge >= 0.3 is 0 Å². The summed E-state index contributed by atoms with van der Waals surface area (Å²) in [7, 11) is 0. The summed E-state index contributed by atoms with van der Waals surface area (Å²) < 4.78 is 14.0. The van der Waals surface area contributed by atoms with Crippen LogP contribution in [0.1, 0.15) is 10.9 Å². The lowest BCUT2D eigenvalue weighted by atomic mass is 10.1.